The molecule has 0 heterocycles. The van der Waals surface area contributed by atoms with Crippen molar-refractivity contribution in [3.63, 3.8) is 0 Å². The highest BCUT2D eigenvalue weighted by molar-refractivity contribution is 4.91. The molecule has 0 aromatic rings. The first-order valence-electron chi connectivity index (χ1n) is 9.01. The van der Waals surface area contributed by atoms with Gasteiger partial charge in [0.1, 0.15) is 0 Å². The third-order valence-corrected chi connectivity index (χ3v) is 5.46. The van der Waals surface area contributed by atoms with Crippen LogP contribution in [0.3, 0.4) is 0 Å². The molecule has 0 spiro atoms. The highest BCUT2D eigenvalue weighted by Crippen LogP contribution is 2.44. The first kappa shape index (κ1) is 17.0. The Hall–Kier alpha value is -0.0400. The second-order valence-electron chi connectivity index (χ2n) is 6.79. The fourth-order valence-electron chi connectivity index (χ4n) is 3.87. The number of rotatable bonds is 11. The lowest BCUT2D eigenvalue weighted by Gasteiger charge is -2.34. The summed E-state index contributed by atoms with van der Waals surface area (Å²) >= 11 is 0. The molecule has 1 aliphatic carbocycles. The molecule has 19 heavy (non-hydrogen) atoms. The van der Waals surface area contributed by atoms with E-state index in [4.69, 9.17) is 5.73 Å². The van der Waals surface area contributed by atoms with E-state index in [-0.39, 0.29) is 0 Å². The fourth-order valence-corrected chi connectivity index (χ4v) is 3.87. The molecule has 0 aliphatic heterocycles. The third-order valence-electron chi connectivity index (χ3n) is 5.46. The van der Waals surface area contributed by atoms with Crippen LogP contribution < -0.4 is 5.73 Å². The molecule has 0 bridgehead atoms. The Kier molecular flexibility index (Phi) is 8.77. The summed E-state index contributed by atoms with van der Waals surface area (Å²) < 4.78 is 0. The van der Waals surface area contributed by atoms with Gasteiger partial charge in [0.25, 0.3) is 0 Å². The maximum absolute atomic E-state index is 6.50. The molecular formula is C18H37N. The van der Waals surface area contributed by atoms with E-state index >= 15 is 0 Å². The molecule has 1 unspecified atom stereocenters. The Labute approximate surface area is 121 Å². The van der Waals surface area contributed by atoms with Crippen LogP contribution in [0.2, 0.25) is 0 Å². The van der Waals surface area contributed by atoms with Crippen molar-refractivity contribution < 1.29 is 0 Å². The van der Waals surface area contributed by atoms with Crippen LogP contribution in [0.15, 0.2) is 0 Å². The van der Waals surface area contributed by atoms with Crippen molar-refractivity contribution >= 4 is 0 Å². The van der Waals surface area contributed by atoms with Gasteiger partial charge in [-0.2, -0.15) is 0 Å². The summed E-state index contributed by atoms with van der Waals surface area (Å²) in [5, 5.41) is 0. The van der Waals surface area contributed by atoms with E-state index in [1.54, 1.807) is 0 Å². The van der Waals surface area contributed by atoms with E-state index in [0.717, 1.165) is 0 Å². The van der Waals surface area contributed by atoms with E-state index in [2.05, 4.69) is 13.8 Å². The van der Waals surface area contributed by atoms with E-state index in [9.17, 15) is 0 Å². The largest absolute Gasteiger partial charge is 0.327 e. The maximum atomic E-state index is 6.50. The van der Waals surface area contributed by atoms with Crippen LogP contribution in [0.25, 0.3) is 0 Å². The Balaban J connectivity index is 2.02. The monoisotopic (exact) mass is 267 g/mol. The molecule has 1 heteroatoms. The van der Waals surface area contributed by atoms with E-state index < -0.39 is 0 Å². The summed E-state index contributed by atoms with van der Waals surface area (Å²) in [6, 6.07) is 0.472. The molecule has 0 radical (unpaired) electrons. The summed E-state index contributed by atoms with van der Waals surface area (Å²) in [7, 11) is 0. The molecule has 1 atom stereocenters. The predicted octanol–water partition coefficient (Wildman–Crippen LogP) is 5.81. The van der Waals surface area contributed by atoms with Gasteiger partial charge in [-0.3, -0.25) is 0 Å². The average molecular weight is 268 g/mol. The summed E-state index contributed by atoms with van der Waals surface area (Å²) in [4.78, 5) is 0. The number of unbranched alkanes of at least 4 members (excludes halogenated alkanes) is 7. The lowest BCUT2D eigenvalue weighted by molar-refractivity contribution is 0.207. The normalized spacial score (nSPS) is 19.7. The van der Waals surface area contributed by atoms with Gasteiger partial charge < -0.3 is 5.73 Å². The molecule has 2 N–H and O–H groups in total. The van der Waals surface area contributed by atoms with Gasteiger partial charge in [-0.1, -0.05) is 78.1 Å². The first-order chi connectivity index (χ1) is 9.25. The lowest BCUT2D eigenvalue weighted by Crippen LogP contribution is -2.39. The molecule has 0 amide bonds. The standard InChI is InChI=1S/C18H37N/c1-3-5-6-7-8-9-10-11-14-17(19)18(4-2)15-12-13-16-18/h17H,3-16,19H2,1-2H3. The Bertz CT molecular complexity index is 206. The lowest BCUT2D eigenvalue weighted by atomic mass is 9.75. The van der Waals surface area contributed by atoms with Crippen molar-refractivity contribution in [3.05, 3.63) is 0 Å². The third kappa shape index (κ3) is 5.85. The minimum atomic E-state index is 0.472. The Morgan fingerprint density at radius 2 is 1.37 bits per heavy atom. The van der Waals surface area contributed by atoms with Gasteiger partial charge in [-0.15, -0.1) is 0 Å². The molecule has 1 nitrogen and oxygen atoms in total. The minimum Gasteiger partial charge on any atom is -0.327 e. The molecule has 1 saturated carbocycles. The van der Waals surface area contributed by atoms with Gasteiger partial charge in [0.15, 0.2) is 0 Å². The smallest absolute Gasteiger partial charge is 0.00954 e. The zero-order valence-electron chi connectivity index (χ0n) is 13.6. The molecule has 0 aromatic heterocycles. The topological polar surface area (TPSA) is 26.0 Å². The zero-order valence-corrected chi connectivity index (χ0v) is 13.6. The van der Waals surface area contributed by atoms with Crippen molar-refractivity contribution in [1.29, 1.82) is 0 Å². The fraction of sp³-hybridized carbons (Fsp3) is 1.00. The van der Waals surface area contributed by atoms with Crippen molar-refractivity contribution in [1.82, 2.24) is 0 Å². The zero-order chi connectivity index (χ0) is 14.0. The molecule has 0 saturated heterocycles. The van der Waals surface area contributed by atoms with Crippen molar-refractivity contribution in [3.8, 4) is 0 Å². The van der Waals surface area contributed by atoms with Crippen LogP contribution in [0.5, 0.6) is 0 Å². The Morgan fingerprint density at radius 3 is 1.89 bits per heavy atom. The molecule has 1 aliphatic rings. The summed E-state index contributed by atoms with van der Waals surface area (Å²) in [5.41, 5.74) is 7.02. The van der Waals surface area contributed by atoms with Gasteiger partial charge in [-0.05, 0) is 31.1 Å². The number of hydrogen-bond acceptors (Lipinski definition) is 1. The van der Waals surface area contributed by atoms with E-state index in [0.29, 0.717) is 11.5 Å². The number of hydrogen-bond donors (Lipinski definition) is 1. The maximum Gasteiger partial charge on any atom is 0.00954 e. The predicted molar refractivity (Wildman–Crippen MR) is 86.4 cm³/mol. The SMILES string of the molecule is CCCCCCCCCCC(N)C1(CC)CCCC1. The molecule has 1 rings (SSSR count). The quantitative estimate of drug-likeness (QED) is 0.469. The van der Waals surface area contributed by atoms with Crippen LogP contribution >= 0.6 is 0 Å². The van der Waals surface area contributed by atoms with Gasteiger partial charge in [0.05, 0.1) is 0 Å². The molecular weight excluding hydrogens is 230 g/mol. The molecule has 0 aromatic carbocycles. The highest BCUT2D eigenvalue weighted by atomic mass is 14.7. The van der Waals surface area contributed by atoms with Gasteiger partial charge in [0.2, 0.25) is 0 Å². The second-order valence-corrected chi connectivity index (χ2v) is 6.79. The van der Waals surface area contributed by atoms with Crippen LogP contribution in [0.1, 0.15) is 104 Å². The van der Waals surface area contributed by atoms with Gasteiger partial charge in [0, 0.05) is 6.04 Å². The first-order valence-corrected chi connectivity index (χ1v) is 9.01. The van der Waals surface area contributed by atoms with Crippen LogP contribution in [0, 0.1) is 5.41 Å². The number of nitrogens with two attached hydrogens (primary N) is 1. The van der Waals surface area contributed by atoms with Crippen molar-refractivity contribution in [2.24, 2.45) is 11.1 Å². The van der Waals surface area contributed by atoms with E-state index in [1.165, 1.54) is 89.9 Å². The van der Waals surface area contributed by atoms with Crippen molar-refractivity contribution in [2.45, 2.75) is 110 Å². The molecule has 114 valence electrons. The summed E-state index contributed by atoms with van der Waals surface area (Å²) in [6.45, 7) is 4.63. The Morgan fingerprint density at radius 1 is 0.842 bits per heavy atom. The summed E-state index contributed by atoms with van der Waals surface area (Å²) in [5.74, 6) is 0. The van der Waals surface area contributed by atoms with Crippen LogP contribution in [-0.4, -0.2) is 6.04 Å². The van der Waals surface area contributed by atoms with Gasteiger partial charge >= 0.3 is 0 Å². The molecule has 1 fully saturated rings. The second kappa shape index (κ2) is 9.80. The van der Waals surface area contributed by atoms with Gasteiger partial charge in [-0.25, -0.2) is 0 Å². The average Bonchev–Trinajstić information content (AvgIpc) is 2.91. The summed E-state index contributed by atoms with van der Waals surface area (Å²) in [6.07, 6.45) is 19.5. The van der Waals surface area contributed by atoms with E-state index in [1.807, 2.05) is 0 Å². The highest BCUT2D eigenvalue weighted by Gasteiger charge is 2.37. The van der Waals surface area contributed by atoms with Crippen LogP contribution in [-0.2, 0) is 0 Å². The van der Waals surface area contributed by atoms with Crippen molar-refractivity contribution in [2.75, 3.05) is 0 Å². The van der Waals surface area contributed by atoms with Crippen LogP contribution in [0.4, 0.5) is 0 Å². The minimum absolute atomic E-state index is 0.472.